The van der Waals surface area contributed by atoms with Crippen molar-refractivity contribution in [3.05, 3.63) is 35.1 Å². The molecule has 7 heteroatoms. The van der Waals surface area contributed by atoms with Crippen LogP contribution in [-0.2, 0) is 9.84 Å². The van der Waals surface area contributed by atoms with Gasteiger partial charge in [0.05, 0.1) is 4.99 Å². The molecule has 0 aliphatic rings. The van der Waals surface area contributed by atoms with E-state index in [1.807, 2.05) is 0 Å². The molecule has 0 heterocycles. The maximum absolute atomic E-state index is 13.0. The summed E-state index contributed by atoms with van der Waals surface area (Å²) >= 11 is 4.49. The van der Waals surface area contributed by atoms with E-state index in [9.17, 15) is 17.6 Å². The first-order valence-electron chi connectivity index (χ1n) is 4.99. The molecule has 0 aliphatic heterocycles. The van der Waals surface area contributed by atoms with Crippen LogP contribution in [0.1, 0.15) is 15.9 Å². The van der Waals surface area contributed by atoms with Crippen molar-refractivity contribution in [3.63, 3.8) is 0 Å². The van der Waals surface area contributed by atoms with E-state index >= 15 is 0 Å². The molecule has 1 aromatic carbocycles. The summed E-state index contributed by atoms with van der Waals surface area (Å²) in [5.74, 6) is -2.24. The number of benzene rings is 1. The summed E-state index contributed by atoms with van der Waals surface area (Å²) in [6.07, 6.45) is 0. The van der Waals surface area contributed by atoms with Crippen molar-refractivity contribution in [2.24, 2.45) is 5.73 Å². The number of carbonyl (C=O) groups excluding carboxylic acids is 1. The summed E-state index contributed by atoms with van der Waals surface area (Å²) in [6.45, 7) is 1.50. The van der Waals surface area contributed by atoms with Crippen LogP contribution >= 0.6 is 12.2 Å². The number of hydrogen-bond donors (Lipinski definition) is 1. The second-order valence-corrected chi connectivity index (χ2v) is 6.47. The Bertz CT molecular complexity index is 596. The van der Waals surface area contributed by atoms with E-state index in [0.29, 0.717) is 0 Å². The Labute approximate surface area is 110 Å². The number of halogens is 1. The quantitative estimate of drug-likeness (QED) is 0.647. The third-order valence-electron chi connectivity index (χ3n) is 2.19. The zero-order valence-electron chi connectivity index (χ0n) is 9.64. The number of rotatable bonds is 5. The fourth-order valence-corrected chi connectivity index (χ4v) is 3.01. The molecule has 18 heavy (non-hydrogen) atoms. The molecule has 0 aromatic heterocycles. The Morgan fingerprint density at radius 2 is 2.00 bits per heavy atom. The van der Waals surface area contributed by atoms with Gasteiger partial charge >= 0.3 is 0 Å². The normalized spacial score (nSPS) is 11.2. The third kappa shape index (κ3) is 4.15. The number of sulfone groups is 1. The third-order valence-corrected chi connectivity index (χ3v) is 3.97. The number of nitrogens with two attached hydrogens (primary N) is 1. The van der Waals surface area contributed by atoms with Gasteiger partial charge in [0.1, 0.15) is 17.3 Å². The van der Waals surface area contributed by atoms with E-state index in [0.717, 1.165) is 6.07 Å². The predicted octanol–water partition coefficient (Wildman–Crippen LogP) is 1.02. The Balaban J connectivity index is 2.89. The van der Waals surface area contributed by atoms with Gasteiger partial charge in [-0.15, -0.1) is 0 Å². The van der Waals surface area contributed by atoms with Gasteiger partial charge in [0.2, 0.25) is 0 Å². The zero-order valence-corrected chi connectivity index (χ0v) is 11.3. The number of hydrogen-bond acceptors (Lipinski definition) is 4. The first-order chi connectivity index (χ1) is 8.21. The fourth-order valence-electron chi connectivity index (χ4n) is 1.37. The highest BCUT2D eigenvalue weighted by Crippen LogP contribution is 2.11. The maximum atomic E-state index is 13.0. The molecule has 0 amide bonds. The highest BCUT2D eigenvalue weighted by Gasteiger charge is 2.19. The van der Waals surface area contributed by atoms with Crippen LogP contribution in [0.3, 0.4) is 0 Å². The highest BCUT2D eigenvalue weighted by atomic mass is 32.2. The lowest BCUT2D eigenvalue weighted by Crippen LogP contribution is -2.26. The molecule has 1 rings (SSSR count). The molecule has 0 spiro atoms. The van der Waals surface area contributed by atoms with Crippen LogP contribution < -0.4 is 5.73 Å². The number of ketones is 1. The molecule has 4 nitrogen and oxygen atoms in total. The van der Waals surface area contributed by atoms with E-state index in [1.165, 1.54) is 19.1 Å². The standard InChI is InChI=1S/C11H12FNO3S2/c1-7-4-8(2-3-9(7)12)10(14)5-18(15,16)6-11(13)17/h2-4H,5-6H2,1H3,(H2,13,17). The van der Waals surface area contributed by atoms with Crippen LogP contribution in [0.5, 0.6) is 0 Å². The topological polar surface area (TPSA) is 77.2 Å². The summed E-state index contributed by atoms with van der Waals surface area (Å²) in [7, 11) is -3.66. The van der Waals surface area contributed by atoms with Crippen LogP contribution in [0.15, 0.2) is 18.2 Å². The zero-order chi connectivity index (χ0) is 13.9. The molecule has 0 aliphatic carbocycles. The Morgan fingerprint density at radius 3 is 2.50 bits per heavy atom. The summed E-state index contributed by atoms with van der Waals surface area (Å²) in [5, 5.41) is 0. The summed E-state index contributed by atoms with van der Waals surface area (Å²) in [4.78, 5) is 11.5. The van der Waals surface area contributed by atoms with Gasteiger partial charge in [-0.3, -0.25) is 4.79 Å². The molecule has 0 radical (unpaired) electrons. The van der Waals surface area contributed by atoms with Crippen LogP contribution in [0.4, 0.5) is 4.39 Å². The van der Waals surface area contributed by atoms with Crippen molar-refractivity contribution in [1.29, 1.82) is 0 Å². The molecule has 0 saturated carbocycles. The number of carbonyl (C=O) groups is 1. The minimum absolute atomic E-state index is 0.153. The van der Waals surface area contributed by atoms with Crippen molar-refractivity contribution >= 4 is 32.8 Å². The minimum Gasteiger partial charge on any atom is -0.392 e. The molecule has 0 atom stereocenters. The maximum Gasteiger partial charge on any atom is 0.177 e. The second kappa shape index (κ2) is 5.53. The molecule has 0 unspecified atom stereocenters. The van der Waals surface area contributed by atoms with Crippen LogP contribution in [0, 0.1) is 12.7 Å². The molecule has 0 saturated heterocycles. The SMILES string of the molecule is Cc1cc(C(=O)CS(=O)(=O)CC(N)=S)ccc1F. The Morgan fingerprint density at radius 1 is 1.39 bits per heavy atom. The van der Waals surface area contributed by atoms with Crippen molar-refractivity contribution in [2.75, 3.05) is 11.5 Å². The van der Waals surface area contributed by atoms with Gasteiger partial charge in [0, 0.05) is 5.56 Å². The average molecular weight is 289 g/mol. The van der Waals surface area contributed by atoms with Gasteiger partial charge in [-0.25, -0.2) is 12.8 Å². The van der Waals surface area contributed by atoms with E-state index in [-0.39, 0.29) is 16.1 Å². The van der Waals surface area contributed by atoms with Gasteiger partial charge in [-0.1, -0.05) is 12.2 Å². The molecular weight excluding hydrogens is 277 g/mol. The molecule has 1 aromatic rings. The fraction of sp³-hybridized carbons (Fsp3) is 0.273. The molecule has 2 N–H and O–H groups in total. The van der Waals surface area contributed by atoms with Crippen molar-refractivity contribution in [3.8, 4) is 0 Å². The van der Waals surface area contributed by atoms with E-state index in [2.05, 4.69) is 12.2 Å². The van der Waals surface area contributed by atoms with Crippen LogP contribution in [0.2, 0.25) is 0 Å². The second-order valence-electron chi connectivity index (χ2n) is 3.89. The van der Waals surface area contributed by atoms with Gasteiger partial charge in [-0.2, -0.15) is 0 Å². The monoisotopic (exact) mass is 289 g/mol. The number of Topliss-reactive ketones (excluding diaryl/α,β-unsaturated/α-hetero) is 1. The number of thiocarbonyl (C=S) groups is 1. The first-order valence-corrected chi connectivity index (χ1v) is 7.22. The predicted molar refractivity (Wildman–Crippen MR) is 70.9 cm³/mol. The summed E-state index contributed by atoms with van der Waals surface area (Å²) < 4.78 is 36.0. The van der Waals surface area contributed by atoms with Gasteiger partial charge in [0.15, 0.2) is 15.6 Å². The lowest BCUT2D eigenvalue weighted by molar-refractivity contribution is 0.102. The van der Waals surface area contributed by atoms with Gasteiger partial charge in [0.25, 0.3) is 0 Å². The molecule has 0 bridgehead atoms. The Kier molecular flexibility index (Phi) is 4.53. The summed E-state index contributed by atoms with van der Waals surface area (Å²) in [6, 6.07) is 3.69. The number of aryl methyl sites for hydroxylation is 1. The Hall–Kier alpha value is -1.34. The largest absolute Gasteiger partial charge is 0.392 e. The van der Waals surface area contributed by atoms with Crippen molar-refractivity contribution < 1.29 is 17.6 Å². The van der Waals surface area contributed by atoms with Crippen LogP contribution in [0.25, 0.3) is 0 Å². The summed E-state index contributed by atoms with van der Waals surface area (Å²) in [5.41, 5.74) is 5.57. The van der Waals surface area contributed by atoms with Crippen LogP contribution in [-0.4, -0.2) is 30.7 Å². The molecule has 98 valence electrons. The minimum atomic E-state index is -3.66. The van der Waals surface area contributed by atoms with E-state index in [1.54, 1.807) is 0 Å². The van der Waals surface area contributed by atoms with Gasteiger partial charge in [-0.05, 0) is 30.7 Å². The highest BCUT2D eigenvalue weighted by molar-refractivity contribution is 7.94. The lowest BCUT2D eigenvalue weighted by atomic mass is 10.1. The van der Waals surface area contributed by atoms with Crippen molar-refractivity contribution in [2.45, 2.75) is 6.92 Å². The smallest absolute Gasteiger partial charge is 0.177 e. The lowest BCUT2D eigenvalue weighted by Gasteiger charge is -2.04. The molecular formula is C11H12FNO3S2. The van der Waals surface area contributed by atoms with Crippen molar-refractivity contribution in [1.82, 2.24) is 0 Å². The van der Waals surface area contributed by atoms with E-state index in [4.69, 9.17) is 5.73 Å². The average Bonchev–Trinajstić information content (AvgIpc) is 2.19. The van der Waals surface area contributed by atoms with E-state index < -0.39 is 32.9 Å². The van der Waals surface area contributed by atoms with Gasteiger partial charge < -0.3 is 5.73 Å². The first kappa shape index (κ1) is 14.7. The molecule has 0 fully saturated rings.